The number of nitrogens with one attached hydrogen (secondary N) is 1. The zero-order valence-electron chi connectivity index (χ0n) is 10.9. The second kappa shape index (κ2) is 8.14. The number of ether oxygens (including phenoxy) is 1. The number of alkyl halides is 1. The third-order valence-corrected chi connectivity index (χ3v) is 3.17. The zero-order valence-corrected chi connectivity index (χ0v) is 12.5. The molecule has 0 heterocycles. The van der Waals surface area contributed by atoms with Crippen LogP contribution >= 0.6 is 15.9 Å². The zero-order chi connectivity index (χ0) is 13.4. The highest BCUT2D eigenvalue weighted by atomic mass is 79.9. The minimum absolute atomic E-state index is 0.0631. The van der Waals surface area contributed by atoms with Gasteiger partial charge in [0.1, 0.15) is 5.75 Å². The van der Waals surface area contributed by atoms with Crippen LogP contribution in [0.2, 0.25) is 0 Å². The lowest BCUT2D eigenvalue weighted by molar-refractivity contribution is 0.0931. The lowest BCUT2D eigenvalue weighted by Crippen LogP contribution is -2.34. The Kier molecular flexibility index (Phi) is 6.80. The molecule has 1 amide bonds. The maximum atomic E-state index is 12.2. The summed E-state index contributed by atoms with van der Waals surface area (Å²) >= 11 is 3.40. The molecule has 0 spiro atoms. The summed E-state index contributed by atoms with van der Waals surface area (Å²) in [5.74, 6) is 0.582. The van der Waals surface area contributed by atoms with Crippen LogP contribution < -0.4 is 10.1 Å². The molecule has 0 aliphatic heterocycles. The molecule has 1 unspecified atom stereocenters. The van der Waals surface area contributed by atoms with Gasteiger partial charge in [-0.15, -0.1) is 0 Å². The number of hydrogen-bond donors (Lipinski definition) is 1. The van der Waals surface area contributed by atoms with E-state index in [4.69, 9.17) is 4.74 Å². The standard InChI is InChI=1S/C14H20BrNO2/c1-3-11(9-10-15)16-14(17)12-7-5-6-8-13(12)18-4-2/h5-8,11H,3-4,9-10H2,1-2H3,(H,16,17). The first-order valence-corrected chi connectivity index (χ1v) is 7.43. The smallest absolute Gasteiger partial charge is 0.255 e. The van der Waals surface area contributed by atoms with Crippen molar-refractivity contribution in [3.8, 4) is 5.75 Å². The summed E-state index contributed by atoms with van der Waals surface area (Å²) in [6, 6.07) is 7.54. The predicted octanol–water partition coefficient (Wildman–Crippen LogP) is 3.38. The van der Waals surface area contributed by atoms with Crippen LogP contribution in [0.15, 0.2) is 24.3 Å². The molecule has 1 rings (SSSR count). The molecule has 100 valence electrons. The van der Waals surface area contributed by atoms with Gasteiger partial charge in [0, 0.05) is 11.4 Å². The molecule has 4 heteroatoms. The molecular weight excluding hydrogens is 294 g/mol. The van der Waals surface area contributed by atoms with Gasteiger partial charge in [-0.25, -0.2) is 0 Å². The highest BCUT2D eigenvalue weighted by Crippen LogP contribution is 2.18. The molecule has 0 aliphatic carbocycles. The largest absolute Gasteiger partial charge is 0.493 e. The van der Waals surface area contributed by atoms with Crippen LogP contribution in [0.5, 0.6) is 5.75 Å². The molecule has 3 nitrogen and oxygen atoms in total. The van der Waals surface area contributed by atoms with Crippen LogP contribution in [0.25, 0.3) is 0 Å². The van der Waals surface area contributed by atoms with Crippen molar-refractivity contribution in [3.05, 3.63) is 29.8 Å². The second-order valence-corrected chi connectivity index (χ2v) is 4.78. The third kappa shape index (κ3) is 4.33. The van der Waals surface area contributed by atoms with E-state index in [1.807, 2.05) is 25.1 Å². The molecule has 0 bridgehead atoms. The number of benzene rings is 1. The summed E-state index contributed by atoms with van der Waals surface area (Å²) in [6.07, 6.45) is 1.85. The Morgan fingerprint density at radius 2 is 2.11 bits per heavy atom. The van der Waals surface area contributed by atoms with E-state index in [2.05, 4.69) is 28.2 Å². The first-order valence-electron chi connectivity index (χ1n) is 6.31. The van der Waals surface area contributed by atoms with E-state index < -0.39 is 0 Å². The van der Waals surface area contributed by atoms with E-state index in [9.17, 15) is 4.79 Å². The average Bonchev–Trinajstić information content (AvgIpc) is 2.39. The van der Waals surface area contributed by atoms with Crippen molar-refractivity contribution in [1.29, 1.82) is 0 Å². The predicted molar refractivity (Wildman–Crippen MR) is 77.6 cm³/mol. The van der Waals surface area contributed by atoms with Crippen molar-refractivity contribution in [2.24, 2.45) is 0 Å². The Hall–Kier alpha value is -1.03. The Labute approximate surface area is 117 Å². The van der Waals surface area contributed by atoms with Crippen LogP contribution in [-0.2, 0) is 0 Å². The lowest BCUT2D eigenvalue weighted by atomic mass is 10.1. The monoisotopic (exact) mass is 313 g/mol. The minimum atomic E-state index is -0.0631. The van der Waals surface area contributed by atoms with Gasteiger partial charge in [0.15, 0.2) is 0 Å². The molecule has 1 atom stereocenters. The van der Waals surface area contributed by atoms with Crippen molar-refractivity contribution in [3.63, 3.8) is 0 Å². The van der Waals surface area contributed by atoms with Gasteiger partial charge in [-0.1, -0.05) is 35.0 Å². The van der Waals surface area contributed by atoms with E-state index >= 15 is 0 Å². The van der Waals surface area contributed by atoms with E-state index in [0.717, 1.165) is 18.2 Å². The molecule has 0 aliphatic rings. The van der Waals surface area contributed by atoms with Crippen molar-refractivity contribution >= 4 is 21.8 Å². The number of para-hydroxylation sites is 1. The van der Waals surface area contributed by atoms with E-state index in [-0.39, 0.29) is 11.9 Å². The van der Waals surface area contributed by atoms with Crippen molar-refractivity contribution in [2.45, 2.75) is 32.7 Å². The fraction of sp³-hybridized carbons (Fsp3) is 0.500. The number of rotatable bonds is 7. The minimum Gasteiger partial charge on any atom is -0.493 e. The summed E-state index contributed by atoms with van der Waals surface area (Å²) in [6.45, 7) is 4.54. The van der Waals surface area contributed by atoms with E-state index in [1.165, 1.54) is 0 Å². The Bertz CT molecular complexity index is 382. The molecular formula is C14H20BrNO2. The number of hydrogen-bond acceptors (Lipinski definition) is 2. The fourth-order valence-electron chi connectivity index (χ4n) is 1.71. The van der Waals surface area contributed by atoms with Crippen LogP contribution in [0, 0.1) is 0 Å². The summed E-state index contributed by atoms with van der Waals surface area (Å²) in [4.78, 5) is 12.2. The highest BCUT2D eigenvalue weighted by Gasteiger charge is 2.15. The van der Waals surface area contributed by atoms with Gasteiger partial charge in [-0.3, -0.25) is 4.79 Å². The van der Waals surface area contributed by atoms with Gasteiger partial charge in [-0.05, 0) is 31.9 Å². The maximum absolute atomic E-state index is 12.2. The molecule has 18 heavy (non-hydrogen) atoms. The SMILES string of the molecule is CCOc1ccccc1C(=O)NC(CC)CCBr. The normalized spacial score (nSPS) is 11.9. The maximum Gasteiger partial charge on any atom is 0.255 e. The summed E-state index contributed by atoms with van der Waals surface area (Å²) in [7, 11) is 0. The van der Waals surface area contributed by atoms with Gasteiger partial charge < -0.3 is 10.1 Å². The molecule has 0 saturated carbocycles. The molecule has 1 aromatic rings. The van der Waals surface area contributed by atoms with Gasteiger partial charge in [0.05, 0.1) is 12.2 Å². The Morgan fingerprint density at radius 3 is 2.72 bits per heavy atom. The molecule has 1 N–H and O–H groups in total. The van der Waals surface area contributed by atoms with E-state index in [0.29, 0.717) is 17.9 Å². The van der Waals surface area contributed by atoms with Crippen LogP contribution in [0.4, 0.5) is 0 Å². The summed E-state index contributed by atoms with van der Waals surface area (Å²) in [5.41, 5.74) is 0.604. The van der Waals surface area contributed by atoms with Gasteiger partial charge in [0.2, 0.25) is 0 Å². The molecule has 0 fully saturated rings. The fourth-order valence-corrected chi connectivity index (χ4v) is 2.26. The Morgan fingerprint density at radius 1 is 1.39 bits per heavy atom. The van der Waals surface area contributed by atoms with Gasteiger partial charge in [-0.2, -0.15) is 0 Å². The number of amides is 1. The highest BCUT2D eigenvalue weighted by molar-refractivity contribution is 9.09. The number of carbonyl (C=O) groups excluding carboxylic acids is 1. The summed E-state index contributed by atoms with van der Waals surface area (Å²) in [5, 5.41) is 3.92. The average molecular weight is 314 g/mol. The number of halogens is 1. The van der Waals surface area contributed by atoms with Gasteiger partial charge in [0.25, 0.3) is 5.91 Å². The second-order valence-electron chi connectivity index (χ2n) is 3.99. The van der Waals surface area contributed by atoms with Gasteiger partial charge >= 0.3 is 0 Å². The first kappa shape index (κ1) is 15.0. The molecule has 1 aromatic carbocycles. The lowest BCUT2D eigenvalue weighted by Gasteiger charge is -2.17. The molecule has 0 aromatic heterocycles. The topological polar surface area (TPSA) is 38.3 Å². The quantitative estimate of drug-likeness (QED) is 0.784. The first-order chi connectivity index (χ1) is 8.72. The van der Waals surface area contributed by atoms with Crippen molar-refractivity contribution < 1.29 is 9.53 Å². The van der Waals surface area contributed by atoms with E-state index in [1.54, 1.807) is 6.07 Å². The summed E-state index contributed by atoms with van der Waals surface area (Å²) < 4.78 is 5.46. The molecule has 0 saturated heterocycles. The molecule has 0 radical (unpaired) electrons. The van der Waals surface area contributed by atoms with Crippen molar-refractivity contribution in [2.75, 3.05) is 11.9 Å². The Balaban J connectivity index is 2.76. The van der Waals surface area contributed by atoms with Crippen molar-refractivity contribution in [1.82, 2.24) is 5.32 Å². The van der Waals surface area contributed by atoms with Crippen LogP contribution in [0.3, 0.4) is 0 Å². The third-order valence-electron chi connectivity index (χ3n) is 2.72. The number of carbonyl (C=O) groups is 1. The van der Waals surface area contributed by atoms with Crippen LogP contribution in [0.1, 0.15) is 37.0 Å². The van der Waals surface area contributed by atoms with Crippen LogP contribution in [-0.4, -0.2) is 23.9 Å².